The van der Waals surface area contributed by atoms with Crippen molar-refractivity contribution in [2.45, 2.75) is 19.9 Å². The Morgan fingerprint density at radius 1 is 1.24 bits per heavy atom. The lowest BCUT2D eigenvalue weighted by atomic mass is 10.1. The molecule has 154 valence electrons. The number of carbonyl (C=O) groups is 3. The molecule has 2 N–H and O–H groups in total. The molecule has 1 aliphatic rings. The van der Waals surface area contributed by atoms with Gasteiger partial charge in [0, 0.05) is 13.0 Å². The summed E-state index contributed by atoms with van der Waals surface area (Å²) in [6, 6.07) is 8.84. The second-order valence-corrected chi connectivity index (χ2v) is 6.74. The van der Waals surface area contributed by atoms with Crippen molar-refractivity contribution in [1.82, 2.24) is 15.8 Å². The highest BCUT2D eigenvalue weighted by molar-refractivity contribution is 5.90. The number of furan rings is 1. The molecule has 2 heterocycles. The molecule has 1 aromatic heterocycles. The van der Waals surface area contributed by atoms with Gasteiger partial charge in [-0.05, 0) is 36.8 Å². The lowest BCUT2D eigenvalue weighted by Crippen LogP contribution is -2.46. The molecule has 9 heteroatoms. The fourth-order valence-electron chi connectivity index (χ4n) is 3.00. The molecule has 1 saturated heterocycles. The van der Waals surface area contributed by atoms with Crippen LogP contribution < -0.4 is 20.3 Å². The van der Waals surface area contributed by atoms with Crippen molar-refractivity contribution < 1.29 is 28.3 Å². The number of nitrogens with zero attached hydrogens (tertiary/aromatic N) is 1. The van der Waals surface area contributed by atoms with E-state index in [2.05, 4.69) is 10.9 Å². The molecule has 3 rings (SSSR count). The van der Waals surface area contributed by atoms with E-state index in [0.29, 0.717) is 23.8 Å². The fraction of sp³-hybridized carbons (Fsp3) is 0.350. The zero-order chi connectivity index (χ0) is 20.8. The normalized spacial score (nSPS) is 15.9. The summed E-state index contributed by atoms with van der Waals surface area (Å²) in [4.78, 5) is 37.9. The minimum Gasteiger partial charge on any atom is -0.493 e. The third-order valence-electron chi connectivity index (χ3n) is 4.52. The van der Waals surface area contributed by atoms with Gasteiger partial charge in [-0.2, -0.15) is 0 Å². The Kier molecular flexibility index (Phi) is 6.38. The lowest BCUT2D eigenvalue weighted by Gasteiger charge is -2.15. The van der Waals surface area contributed by atoms with Gasteiger partial charge in [0.25, 0.3) is 5.91 Å². The van der Waals surface area contributed by atoms with Gasteiger partial charge in [0.15, 0.2) is 18.1 Å². The number of amides is 3. The van der Waals surface area contributed by atoms with Crippen molar-refractivity contribution in [3.8, 4) is 11.5 Å². The van der Waals surface area contributed by atoms with Crippen LogP contribution in [0.1, 0.15) is 17.7 Å². The summed E-state index contributed by atoms with van der Waals surface area (Å²) in [6.07, 6.45) is 1.61. The van der Waals surface area contributed by atoms with Gasteiger partial charge >= 0.3 is 0 Å². The van der Waals surface area contributed by atoms with Gasteiger partial charge in [0.2, 0.25) is 11.8 Å². The number of rotatable bonds is 7. The van der Waals surface area contributed by atoms with Crippen LogP contribution in [0.4, 0.5) is 0 Å². The Morgan fingerprint density at radius 3 is 2.79 bits per heavy atom. The first kappa shape index (κ1) is 20.2. The third kappa shape index (κ3) is 5.28. The minimum absolute atomic E-state index is 0.0828. The number of likely N-dealkylation sites (tertiary alicyclic amines) is 1. The molecule has 0 aliphatic carbocycles. The van der Waals surface area contributed by atoms with E-state index in [1.807, 2.05) is 13.0 Å². The van der Waals surface area contributed by atoms with Crippen LogP contribution in [0, 0.1) is 12.8 Å². The topological polar surface area (TPSA) is 110 Å². The van der Waals surface area contributed by atoms with E-state index >= 15 is 0 Å². The number of hydrogen-bond acceptors (Lipinski definition) is 6. The number of nitrogens with one attached hydrogen (secondary N) is 2. The number of hydrazine groups is 1. The Hall–Kier alpha value is -3.49. The Morgan fingerprint density at radius 2 is 2.07 bits per heavy atom. The third-order valence-corrected chi connectivity index (χ3v) is 4.52. The van der Waals surface area contributed by atoms with Gasteiger partial charge in [-0.1, -0.05) is 6.07 Å². The quantitative estimate of drug-likeness (QED) is 0.674. The highest BCUT2D eigenvalue weighted by Crippen LogP contribution is 2.27. The number of carbonyl (C=O) groups excluding carboxylic acids is 3. The minimum atomic E-state index is -0.545. The SMILES string of the molecule is COc1cc(C)ccc1OCC(=O)NNC(=O)C1CC(=O)N(Cc2ccco2)C1. The summed E-state index contributed by atoms with van der Waals surface area (Å²) in [5, 5.41) is 0. The standard InChI is InChI=1S/C20H23N3O6/c1-13-5-6-16(17(8-13)27-2)29-12-18(24)21-22-20(26)14-9-19(25)23(10-14)11-15-4-3-7-28-15/h3-8,14H,9-12H2,1-2H3,(H,21,24)(H,22,26). The zero-order valence-corrected chi connectivity index (χ0v) is 16.3. The Balaban J connectivity index is 1.43. The number of ether oxygens (including phenoxy) is 2. The molecule has 1 atom stereocenters. The van der Waals surface area contributed by atoms with E-state index < -0.39 is 17.7 Å². The molecule has 1 aromatic carbocycles. The molecule has 0 radical (unpaired) electrons. The van der Waals surface area contributed by atoms with Crippen LogP contribution in [0.3, 0.4) is 0 Å². The summed E-state index contributed by atoms with van der Waals surface area (Å²) in [5.41, 5.74) is 5.65. The van der Waals surface area contributed by atoms with E-state index in [1.54, 1.807) is 29.2 Å². The summed E-state index contributed by atoms with van der Waals surface area (Å²) >= 11 is 0. The molecule has 2 aromatic rings. The number of benzene rings is 1. The van der Waals surface area contributed by atoms with Crippen LogP contribution in [0.5, 0.6) is 11.5 Å². The number of hydrogen-bond donors (Lipinski definition) is 2. The Bertz CT molecular complexity index is 880. The van der Waals surface area contributed by atoms with Crippen LogP contribution in [0.15, 0.2) is 41.0 Å². The van der Waals surface area contributed by atoms with Gasteiger partial charge < -0.3 is 18.8 Å². The van der Waals surface area contributed by atoms with Crippen molar-refractivity contribution in [3.05, 3.63) is 47.9 Å². The average Bonchev–Trinajstić information content (AvgIpc) is 3.35. The van der Waals surface area contributed by atoms with Crippen LogP contribution >= 0.6 is 0 Å². The number of aryl methyl sites for hydroxylation is 1. The van der Waals surface area contributed by atoms with Gasteiger partial charge in [0.1, 0.15) is 5.76 Å². The summed E-state index contributed by atoms with van der Waals surface area (Å²) in [7, 11) is 1.51. The zero-order valence-electron chi connectivity index (χ0n) is 16.3. The molecule has 1 unspecified atom stereocenters. The molecule has 0 spiro atoms. The van der Waals surface area contributed by atoms with E-state index in [1.165, 1.54) is 13.4 Å². The second-order valence-electron chi connectivity index (χ2n) is 6.74. The van der Waals surface area contributed by atoms with Crippen molar-refractivity contribution in [1.29, 1.82) is 0 Å². The highest BCUT2D eigenvalue weighted by Gasteiger charge is 2.34. The lowest BCUT2D eigenvalue weighted by molar-refractivity contribution is -0.132. The average molecular weight is 401 g/mol. The molecular formula is C20H23N3O6. The largest absolute Gasteiger partial charge is 0.493 e. The molecule has 0 saturated carbocycles. The molecule has 3 amide bonds. The molecule has 0 bridgehead atoms. The molecule has 1 aliphatic heterocycles. The van der Waals surface area contributed by atoms with E-state index in [9.17, 15) is 14.4 Å². The van der Waals surface area contributed by atoms with Gasteiger partial charge in [-0.3, -0.25) is 25.2 Å². The summed E-state index contributed by atoms with van der Waals surface area (Å²) in [5.74, 6) is -0.0493. The first-order chi connectivity index (χ1) is 14.0. The predicted octanol–water partition coefficient (Wildman–Crippen LogP) is 1.17. The van der Waals surface area contributed by atoms with Crippen molar-refractivity contribution in [3.63, 3.8) is 0 Å². The first-order valence-corrected chi connectivity index (χ1v) is 9.12. The predicted molar refractivity (Wildman–Crippen MR) is 102 cm³/mol. The second kappa shape index (κ2) is 9.13. The molecular weight excluding hydrogens is 378 g/mol. The van der Waals surface area contributed by atoms with Crippen molar-refractivity contribution >= 4 is 17.7 Å². The Labute approximate surface area is 167 Å². The molecule has 9 nitrogen and oxygen atoms in total. The van der Waals surface area contributed by atoms with E-state index in [4.69, 9.17) is 13.9 Å². The fourth-order valence-corrected chi connectivity index (χ4v) is 3.00. The van der Waals surface area contributed by atoms with Gasteiger partial charge in [-0.25, -0.2) is 0 Å². The van der Waals surface area contributed by atoms with Crippen molar-refractivity contribution in [2.75, 3.05) is 20.3 Å². The van der Waals surface area contributed by atoms with Crippen LogP contribution in [0.2, 0.25) is 0 Å². The van der Waals surface area contributed by atoms with E-state index in [-0.39, 0.29) is 25.5 Å². The highest BCUT2D eigenvalue weighted by atomic mass is 16.5. The van der Waals surface area contributed by atoms with Crippen LogP contribution in [0.25, 0.3) is 0 Å². The maximum absolute atomic E-state index is 12.3. The van der Waals surface area contributed by atoms with Crippen LogP contribution in [-0.2, 0) is 20.9 Å². The maximum Gasteiger partial charge on any atom is 0.276 e. The monoisotopic (exact) mass is 401 g/mol. The first-order valence-electron chi connectivity index (χ1n) is 9.12. The van der Waals surface area contributed by atoms with Crippen LogP contribution in [-0.4, -0.2) is 42.9 Å². The molecule has 1 fully saturated rings. The summed E-state index contributed by atoms with van der Waals surface area (Å²) < 4.78 is 15.9. The molecule has 29 heavy (non-hydrogen) atoms. The summed E-state index contributed by atoms with van der Waals surface area (Å²) in [6.45, 7) is 2.19. The van der Waals surface area contributed by atoms with E-state index in [0.717, 1.165) is 5.56 Å². The van der Waals surface area contributed by atoms with Gasteiger partial charge in [-0.15, -0.1) is 0 Å². The van der Waals surface area contributed by atoms with Crippen molar-refractivity contribution in [2.24, 2.45) is 5.92 Å². The smallest absolute Gasteiger partial charge is 0.276 e. The number of methoxy groups -OCH3 is 1. The van der Waals surface area contributed by atoms with Gasteiger partial charge in [0.05, 0.1) is 25.8 Å². The maximum atomic E-state index is 12.3.